The number of aryl methyl sites for hydroxylation is 3. The van der Waals surface area contributed by atoms with Crippen molar-refractivity contribution in [3.05, 3.63) is 108 Å². The lowest BCUT2D eigenvalue weighted by Gasteiger charge is -2.20. The van der Waals surface area contributed by atoms with Crippen LogP contribution in [0.15, 0.2) is 91.0 Å². The molecule has 6 rings (SSSR count). The zero-order chi connectivity index (χ0) is 24.2. The number of fused-ring (bicyclic) bond motifs is 2. The predicted molar refractivity (Wildman–Crippen MR) is 156 cm³/mol. The molecule has 0 aliphatic rings. The topological polar surface area (TPSA) is 0 Å². The lowest BCUT2D eigenvalue weighted by molar-refractivity contribution is 0.763. The van der Waals surface area contributed by atoms with Gasteiger partial charge in [0.05, 0.1) is 0 Å². The number of hydrogen-bond donors (Lipinski definition) is 0. The van der Waals surface area contributed by atoms with Crippen molar-refractivity contribution in [3.63, 3.8) is 0 Å². The Kier molecular flexibility index (Phi) is 7.00. The zero-order valence-electron chi connectivity index (χ0n) is 21.4. The second-order valence-corrected chi connectivity index (χ2v) is 9.86. The van der Waals surface area contributed by atoms with Gasteiger partial charge in [0, 0.05) is 0 Å². The van der Waals surface area contributed by atoms with Crippen molar-refractivity contribution in [3.8, 4) is 0 Å². The molecule has 0 fully saturated rings. The predicted octanol–water partition coefficient (Wildman–Crippen LogP) is 10.4. The summed E-state index contributed by atoms with van der Waals surface area (Å²) in [6.07, 6.45) is 7.40. The second kappa shape index (κ2) is 10.5. The molecule has 0 saturated carbocycles. The molecule has 0 saturated heterocycles. The van der Waals surface area contributed by atoms with Gasteiger partial charge in [-0.1, -0.05) is 123 Å². The van der Waals surface area contributed by atoms with Gasteiger partial charge in [-0.3, -0.25) is 0 Å². The van der Waals surface area contributed by atoms with Gasteiger partial charge in [0.1, 0.15) is 0 Å². The molecule has 0 atom stereocenters. The van der Waals surface area contributed by atoms with E-state index in [-0.39, 0.29) is 0 Å². The van der Waals surface area contributed by atoms with E-state index in [1.165, 1.54) is 87.2 Å². The first kappa shape index (κ1) is 23.4. The minimum Gasteiger partial charge on any atom is -0.0654 e. The molecule has 0 bridgehead atoms. The first-order chi connectivity index (χ1) is 17.2. The van der Waals surface area contributed by atoms with Crippen molar-refractivity contribution in [2.75, 3.05) is 0 Å². The molecule has 35 heavy (non-hydrogen) atoms. The molecule has 0 unspecified atom stereocenters. The summed E-state index contributed by atoms with van der Waals surface area (Å²) in [5, 5.41) is 11.5. The molecule has 0 nitrogen and oxygen atoms in total. The molecule has 0 N–H and O–H groups in total. The highest BCUT2D eigenvalue weighted by Crippen LogP contribution is 2.43. The third kappa shape index (κ3) is 4.50. The highest BCUT2D eigenvalue weighted by molar-refractivity contribution is 6.33. The van der Waals surface area contributed by atoms with Crippen LogP contribution >= 0.6 is 0 Å². The van der Waals surface area contributed by atoms with Gasteiger partial charge in [-0.15, -0.1) is 0 Å². The maximum atomic E-state index is 2.50. The SMILES string of the molecule is CCCCc1cc2cccc3c4cccc5cccc(c(c1CCCC)c23)c54.Cc1ccccc1. The molecule has 6 aromatic rings. The first-order valence-corrected chi connectivity index (χ1v) is 13.3. The van der Waals surface area contributed by atoms with Crippen molar-refractivity contribution in [2.24, 2.45) is 0 Å². The van der Waals surface area contributed by atoms with Crippen LogP contribution in [-0.4, -0.2) is 0 Å². The van der Waals surface area contributed by atoms with Crippen molar-refractivity contribution >= 4 is 43.1 Å². The fourth-order valence-electron chi connectivity index (χ4n) is 5.61. The van der Waals surface area contributed by atoms with Crippen LogP contribution in [0.3, 0.4) is 0 Å². The van der Waals surface area contributed by atoms with Crippen molar-refractivity contribution in [2.45, 2.75) is 59.3 Å². The molecule has 0 aliphatic heterocycles. The maximum absolute atomic E-state index is 2.50. The van der Waals surface area contributed by atoms with Gasteiger partial charge in [-0.05, 0) is 86.8 Å². The monoisotopic (exact) mass is 456 g/mol. The van der Waals surface area contributed by atoms with Crippen LogP contribution in [0.5, 0.6) is 0 Å². The van der Waals surface area contributed by atoms with Gasteiger partial charge in [-0.2, -0.15) is 0 Å². The third-order valence-corrected chi connectivity index (χ3v) is 7.35. The minimum atomic E-state index is 1.19. The largest absolute Gasteiger partial charge is 0.0654 e. The quantitative estimate of drug-likeness (QED) is 0.173. The highest BCUT2D eigenvalue weighted by Gasteiger charge is 2.17. The normalized spacial score (nSPS) is 11.4. The van der Waals surface area contributed by atoms with E-state index in [4.69, 9.17) is 0 Å². The van der Waals surface area contributed by atoms with Crippen LogP contribution in [0.25, 0.3) is 43.1 Å². The molecule has 0 heteroatoms. The summed E-state index contributed by atoms with van der Waals surface area (Å²) >= 11 is 0. The first-order valence-electron chi connectivity index (χ1n) is 13.3. The molecule has 0 amide bonds. The van der Waals surface area contributed by atoms with E-state index in [1.54, 1.807) is 11.1 Å². The summed E-state index contributed by atoms with van der Waals surface area (Å²) in [6.45, 7) is 6.69. The van der Waals surface area contributed by atoms with Crippen molar-refractivity contribution < 1.29 is 0 Å². The van der Waals surface area contributed by atoms with E-state index >= 15 is 0 Å². The molecular weight excluding hydrogens is 420 g/mol. The molecule has 0 radical (unpaired) electrons. The Balaban J connectivity index is 0.000000313. The maximum Gasteiger partial charge on any atom is -0.00234 e. The average Bonchev–Trinajstić information content (AvgIpc) is 2.90. The standard InChI is InChI=1S/C28H28.C7H8/c1-3-5-10-20-18-21-13-9-16-24-23-15-7-11-19-12-8-17-25(26(19)23)28(27(21)24)22(20)14-6-4-2;1-7-5-3-2-4-6-7/h7-9,11-13,15-18H,3-6,10,14H2,1-2H3;2-6H,1H3. The van der Waals surface area contributed by atoms with Gasteiger partial charge in [-0.25, -0.2) is 0 Å². The zero-order valence-corrected chi connectivity index (χ0v) is 21.4. The van der Waals surface area contributed by atoms with Gasteiger partial charge in [0.15, 0.2) is 0 Å². The summed E-state index contributed by atoms with van der Waals surface area (Å²) in [4.78, 5) is 0. The van der Waals surface area contributed by atoms with Crippen LogP contribution in [0.1, 0.15) is 56.2 Å². The van der Waals surface area contributed by atoms with Crippen LogP contribution in [-0.2, 0) is 12.8 Å². The number of unbranched alkanes of at least 4 members (excludes halogenated alkanes) is 2. The van der Waals surface area contributed by atoms with E-state index < -0.39 is 0 Å². The number of hydrogen-bond acceptors (Lipinski definition) is 0. The smallest absolute Gasteiger partial charge is 0.00234 e. The summed E-state index contributed by atoms with van der Waals surface area (Å²) in [7, 11) is 0. The van der Waals surface area contributed by atoms with E-state index in [9.17, 15) is 0 Å². The molecule has 0 heterocycles. The number of benzene rings is 6. The molecule has 0 aromatic heterocycles. The second-order valence-electron chi connectivity index (χ2n) is 9.86. The lowest BCUT2D eigenvalue weighted by Crippen LogP contribution is -1.99. The Bertz CT molecular complexity index is 1550. The Hall–Kier alpha value is -3.38. The Morgan fingerprint density at radius 1 is 0.514 bits per heavy atom. The summed E-state index contributed by atoms with van der Waals surface area (Å²) < 4.78 is 0. The van der Waals surface area contributed by atoms with Gasteiger partial charge in [0.2, 0.25) is 0 Å². The molecular formula is C35H36. The fraction of sp³-hybridized carbons (Fsp3) is 0.257. The highest BCUT2D eigenvalue weighted by atomic mass is 14.2. The van der Waals surface area contributed by atoms with Gasteiger partial charge < -0.3 is 0 Å². The van der Waals surface area contributed by atoms with E-state index in [0.717, 1.165) is 0 Å². The Labute approximate surface area is 209 Å². The third-order valence-electron chi connectivity index (χ3n) is 7.35. The lowest BCUT2D eigenvalue weighted by atomic mass is 9.83. The summed E-state index contributed by atoms with van der Waals surface area (Å²) in [6, 6.07) is 33.3. The minimum absolute atomic E-state index is 1.19. The summed E-state index contributed by atoms with van der Waals surface area (Å²) in [5.41, 5.74) is 4.51. The van der Waals surface area contributed by atoms with E-state index in [1.807, 2.05) is 18.2 Å². The molecule has 0 spiro atoms. The fourth-order valence-corrected chi connectivity index (χ4v) is 5.61. The summed E-state index contributed by atoms with van der Waals surface area (Å²) in [5.74, 6) is 0. The molecule has 0 aliphatic carbocycles. The Morgan fingerprint density at radius 3 is 1.74 bits per heavy atom. The van der Waals surface area contributed by atoms with Gasteiger partial charge in [0.25, 0.3) is 0 Å². The number of rotatable bonds is 6. The van der Waals surface area contributed by atoms with Crippen LogP contribution < -0.4 is 0 Å². The Morgan fingerprint density at radius 2 is 1.11 bits per heavy atom. The van der Waals surface area contributed by atoms with Gasteiger partial charge >= 0.3 is 0 Å². The van der Waals surface area contributed by atoms with Crippen LogP contribution in [0.2, 0.25) is 0 Å². The van der Waals surface area contributed by atoms with Crippen LogP contribution in [0.4, 0.5) is 0 Å². The molecule has 6 aromatic carbocycles. The van der Waals surface area contributed by atoms with Crippen molar-refractivity contribution in [1.82, 2.24) is 0 Å². The molecule has 176 valence electrons. The van der Waals surface area contributed by atoms with Crippen molar-refractivity contribution in [1.29, 1.82) is 0 Å². The van der Waals surface area contributed by atoms with Crippen LogP contribution in [0, 0.1) is 6.92 Å². The van der Waals surface area contributed by atoms with E-state index in [0.29, 0.717) is 0 Å². The van der Waals surface area contributed by atoms with E-state index in [2.05, 4.69) is 93.6 Å². The average molecular weight is 457 g/mol.